The van der Waals surface area contributed by atoms with Gasteiger partial charge in [-0.15, -0.1) is 0 Å². The van der Waals surface area contributed by atoms with E-state index in [2.05, 4.69) is 20.4 Å². The zero-order valence-electron chi connectivity index (χ0n) is 10.5. The fraction of sp³-hybridized carbons (Fsp3) is 0.769. The van der Waals surface area contributed by atoms with E-state index in [9.17, 15) is 4.79 Å². The molecule has 1 atom stereocenters. The Morgan fingerprint density at radius 1 is 1.27 bits per heavy atom. The minimum Gasteiger partial charge on any atom is -0.459 e. The van der Waals surface area contributed by atoms with E-state index >= 15 is 0 Å². The number of hydrogen-bond donors (Lipinski definition) is 0. The molecule has 0 fully saturated rings. The van der Waals surface area contributed by atoms with Gasteiger partial charge in [-0.1, -0.05) is 34.3 Å². The lowest BCUT2D eigenvalue weighted by molar-refractivity contribution is -0.145. The summed E-state index contributed by atoms with van der Waals surface area (Å²) in [6, 6.07) is 0. The quantitative estimate of drug-likeness (QED) is 0.475. The highest BCUT2D eigenvalue weighted by Crippen LogP contribution is 2.14. The van der Waals surface area contributed by atoms with Gasteiger partial charge in [0.15, 0.2) is 0 Å². The molecule has 0 bridgehead atoms. The van der Waals surface area contributed by atoms with Crippen LogP contribution in [-0.4, -0.2) is 12.1 Å². The van der Waals surface area contributed by atoms with Crippen LogP contribution in [0.25, 0.3) is 0 Å². The van der Waals surface area contributed by atoms with Crippen LogP contribution < -0.4 is 0 Å². The summed E-state index contributed by atoms with van der Waals surface area (Å²) in [5.74, 6) is 0.431. The molecule has 15 heavy (non-hydrogen) atoms. The summed E-state index contributed by atoms with van der Waals surface area (Å²) in [6.45, 7) is 12.0. The molecule has 0 heterocycles. The van der Waals surface area contributed by atoms with Gasteiger partial charge in [-0.2, -0.15) is 0 Å². The SMILES string of the molecule is C=C(CC)C(=O)OC(CC)CCC(C)C. The monoisotopic (exact) mass is 212 g/mol. The van der Waals surface area contributed by atoms with Gasteiger partial charge in [-0.05, 0) is 31.6 Å². The molecule has 0 aromatic heterocycles. The molecule has 0 aliphatic carbocycles. The summed E-state index contributed by atoms with van der Waals surface area (Å²) in [4.78, 5) is 11.5. The molecule has 1 unspecified atom stereocenters. The fourth-order valence-electron chi connectivity index (χ4n) is 1.24. The molecule has 0 aliphatic rings. The third-order valence-corrected chi connectivity index (χ3v) is 2.51. The molecule has 0 saturated carbocycles. The molecule has 0 aromatic rings. The van der Waals surface area contributed by atoms with Crippen LogP contribution in [0.15, 0.2) is 12.2 Å². The molecule has 0 aromatic carbocycles. The van der Waals surface area contributed by atoms with Crippen molar-refractivity contribution in [1.29, 1.82) is 0 Å². The first-order chi connectivity index (χ1) is 7.01. The second kappa shape index (κ2) is 7.49. The molecule has 2 nitrogen and oxygen atoms in total. The number of hydrogen-bond acceptors (Lipinski definition) is 2. The van der Waals surface area contributed by atoms with Gasteiger partial charge in [0.1, 0.15) is 6.10 Å². The third-order valence-electron chi connectivity index (χ3n) is 2.51. The predicted octanol–water partition coefficient (Wildman–Crippen LogP) is 3.71. The van der Waals surface area contributed by atoms with Crippen molar-refractivity contribution in [2.45, 2.75) is 59.5 Å². The van der Waals surface area contributed by atoms with Crippen LogP contribution in [0.3, 0.4) is 0 Å². The fourth-order valence-corrected chi connectivity index (χ4v) is 1.24. The number of rotatable bonds is 7. The molecule has 0 N–H and O–H groups in total. The highest BCUT2D eigenvalue weighted by molar-refractivity contribution is 5.87. The van der Waals surface area contributed by atoms with Crippen LogP contribution in [0.4, 0.5) is 0 Å². The lowest BCUT2D eigenvalue weighted by Gasteiger charge is -2.17. The average Bonchev–Trinajstić information content (AvgIpc) is 2.22. The zero-order chi connectivity index (χ0) is 11.8. The molecule has 0 amide bonds. The highest BCUT2D eigenvalue weighted by atomic mass is 16.5. The molecule has 0 spiro atoms. The van der Waals surface area contributed by atoms with Gasteiger partial charge in [0, 0.05) is 5.57 Å². The van der Waals surface area contributed by atoms with Crippen molar-refractivity contribution in [1.82, 2.24) is 0 Å². The van der Waals surface area contributed by atoms with Crippen molar-refractivity contribution in [2.75, 3.05) is 0 Å². The van der Waals surface area contributed by atoms with E-state index in [-0.39, 0.29) is 12.1 Å². The van der Waals surface area contributed by atoms with Gasteiger partial charge in [0.2, 0.25) is 0 Å². The molecule has 88 valence electrons. The minimum absolute atomic E-state index is 0.0585. The minimum atomic E-state index is -0.229. The second-order valence-corrected chi connectivity index (χ2v) is 4.36. The lowest BCUT2D eigenvalue weighted by Crippen LogP contribution is -2.19. The van der Waals surface area contributed by atoms with Crippen LogP contribution in [0.1, 0.15) is 53.4 Å². The standard InChI is InChI=1S/C13H24O2/c1-6-11(5)13(14)15-12(7-2)9-8-10(3)4/h10,12H,5-9H2,1-4H3. The lowest BCUT2D eigenvalue weighted by atomic mass is 10.0. The Hall–Kier alpha value is -0.790. The first-order valence-electron chi connectivity index (χ1n) is 5.89. The van der Waals surface area contributed by atoms with E-state index in [1.807, 2.05) is 13.8 Å². The van der Waals surface area contributed by atoms with Crippen molar-refractivity contribution in [2.24, 2.45) is 5.92 Å². The Bertz CT molecular complexity index is 207. The summed E-state index contributed by atoms with van der Waals surface area (Å²) in [6.07, 6.45) is 3.67. The summed E-state index contributed by atoms with van der Waals surface area (Å²) in [7, 11) is 0. The van der Waals surface area contributed by atoms with Crippen LogP contribution in [-0.2, 0) is 9.53 Å². The molecular formula is C13H24O2. The maximum Gasteiger partial charge on any atom is 0.333 e. The Morgan fingerprint density at radius 2 is 1.87 bits per heavy atom. The van der Waals surface area contributed by atoms with E-state index in [1.54, 1.807) is 0 Å². The van der Waals surface area contributed by atoms with Gasteiger partial charge in [-0.25, -0.2) is 4.79 Å². The zero-order valence-corrected chi connectivity index (χ0v) is 10.5. The van der Waals surface area contributed by atoms with E-state index in [4.69, 9.17) is 4.74 Å². The smallest absolute Gasteiger partial charge is 0.333 e. The first-order valence-corrected chi connectivity index (χ1v) is 5.89. The summed E-state index contributed by atoms with van der Waals surface area (Å²) < 4.78 is 5.36. The predicted molar refractivity (Wildman–Crippen MR) is 63.7 cm³/mol. The molecular weight excluding hydrogens is 188 g/mol. The molecule has 2 heteroatoms. The van der Waals surface area contributed by atoms with E-state index in [1.165, 1.54) is 0 Å². The van der Waals surface area contributed by atoms with Crippen molar-refractivity contribution < 1.29 is 9.53 Å². The summed E-state index contributed by atoms with van der Waals surface area (Å²) in [5.41, 5.74) is 0.568. The van der Waals surface area contributed by atoms with E-state index in [0.717, 1.165) is 19.3 Å². The van der Waals surface area contributed by atoms with Gasteiger partial charge in [0.25, 0.3) is 0 Å². The maximum absolute atomic E-state index is 11.5. The van der Waals surface area contributed by atoms with Crippen molar-refractivity contribution >= 4 is 5.97 Å². The largest absolute Gasteiger partial charge is 0.459 e. The Labute approximate surface area is 93.7 Å². The molecule has 0 rings (SSSR count). The van der Waals surface area contributed by atoms with Gasteiger partial charge >= 0.3 is 5.97 Å². The average molecular weight is 212 g/mol. The molecule has 0 radical (unpaired) electrons. The Balaban J connectivity index is 3.98. The van der Waals surface area contributed by atoms with Crippen molar-refractivity contribution in [3.05, 3.63) is 12.2 Å². The summed E-state index contributed by atoms with van der Waals surface area (Å²) in [5, 5.41) is 0. The van der Waals surface area contributed by atoms with E-state index < -0.39 is 0 Å². The van der Waals surface area contributed by atoms with Crippen molar-refractivity contribution in [3.8, 4) is 0 Å². The van der Waals surface area contributed by atoms with Gasteiger partial charge < -0.3 is 4.74 Å². The van der Waals surface area contributed by atoms with E-state index in [0.29, 0.717) is 17.9 Å². The molecule has 0 saturated heterocycles. The van der Waals surface area contributed by atoms with Crippen molar-refractivity contribution in [3.63, 3.8) is 0 Å². The molecule has 0 aliphatic heterocycles. The normalized spacial score (nSPS) is 12.6. The second-order valence-electron chi connectivity index (χ2n) is 4.36. The number of carbonyl (C=O) groups is 1. The van der Waals surface area contributed by atoms with Crippen LogP contribution in [0.2, 0.25) is 0 Å². The maximum atomic E-state index is 11.5. The number of esters is 1. The Kier molecular flexibility index (Phi) is 7.10. The highest BCUT2D eigenvalue weighted by Gasteiger charge is 2.14. The van der Waals surface area contributed by atoms with Crippen LogP contribution in [0.5, 0.6) is 0 Å². The van der Waals surface area contributed by atoms with Crippen LogP contribution >= 0.6 is 0 Å². The topological polar surface area (TPSA) is 26.3 Å². The number of ether oxygens (including phenoxy) is 1. The van der Waals surface area contributed by atoms with Crippen LogP contribution in [0, 0.1) is 5.92 Å². The first kappa shape index (κ1) is 14.2. The Morgan fingerprint density at radius 3 is 2.27 bits per heavy atom. The van der Waals surface area contributed by atoms with Gasteiger partial charge in [0.05, 0.1) is 0 Å². The number of carbonyl (C=O) groups excluding carboxylic acids is 1. The summed E-state index contributed by atoms with van der Waals surface area (Å²) >= 11 is 0. The van der Waals surface area contributed by atoms with Gasteiger partial charge in [-0.3, -0.25) is 0 Å². The third kappa shape index (κ3) is 6.32.